The Hall–Kier alpha value is -0.780. The Bertz CT molecular complexity index is 594. The maximum absolute atomic E-state index is 2.48. The van der Waals surface area contributed by atoms with E-state index in [9.17, 15) is 0 Å². The van der Waals surface area contributed by atoms with Crippen molar-refractivity contribution in [2.75, 3.05) is 0 Å². The molecule has 0 saturated heterocycles. The summed E-state index contributed by atoms with van der Waals surface area (Å²) >= 11 is 0. The summed E-state index contributed by atoms with van der Waals surface area (Å²) < 4.78 is 0. The Morgan fingerprint density at radius 3 is 1.52 bits per heavy atom. The van der Waals surface area contributed by atoms with Gasteiger partial charge in [-0.3, -0.25) is 0 Å². The van der Waals surface area contributed by atoms with Crippen LogP contribution >= 0.6 is 0 Å². The summed E-state index contributed by atoms with van der Waals surface area (Å²) in [7, 11) is 0. The molecule has 0 aromatic carbocycles. The Morgan fingerprint density at radius 2 is 1.05 bits per heavy atom. The lowest BCUT2D eigenvalue weighted by molar-refractivity contribution is 0.0141. The van der Waals surface area contributed by atoms with Crippen molar-refractivity contribution in [1.82, 2.24) is 0 Å². The van der Waals surface area contributed by atoms with Crippen molar-refractivity contribution in [2.45, 2.75) is 76.2 Å². The Kier molecular flexibility index (Phi) is 3.45. The van der Waals surface area contributed by atoms with Gasteiger partial charge in [0.05, 0.1) is 0 Å². The van der Waals surface area contributed by atoms with E-state index in [0.29, 0.717) is 5.92 Å². The number of fused-ring (bicyclic) bond motifs is 2. The molecular formula is C21H34. The van der Waals surface area contributed by atoms with Gasteiger partial charge in [0.15, 0.2) is 0 Å². The van der Waals surface area contributed by atoms with Gasteiger partial charge < -0.3 is 0 Å². The van der Waals surface area contributed by atoms with Crippen LogP contribution in [0.4, 0.5) is 0 Å². The zero-order chi connectivity index (χ0) is 16.5. The highest BCUT2D eigenvalue weighted by Crippen LogP contribution is 2.68. The van der Waals surface area contributed by atoms with Crippen LogP contribution in [0.1, 0.15) is 76.2 Å². The van der Waals surface area contributed by atoms with E-state index in [1.807, 2.05) is 0 Å². The molecule has 0 saturated carbocycles. The smallest absolute Gasteiger partial charge is 0.0149 e. The molecule has 2 bridgehead atoms. The predicted molar refractivity (Wildman–Crippen MR) is 94.3 cm³/mol. The molecule has 0 radical (unpaired) electrons. The first-order valence-electron chi connectivity index (χ1n) is 8.40. The van der Waals surface area contributed by atoms with Crippen molar-refractivity contribution in [3.05, 3.63) is 33.4 Å². The first-order chi connectivity index (χ1) is 9.36. The van der Waals surface area contributed by atoms with Gasteiger partial charge in [0.2, 0.25) is 0 Å². The molecule has 0 fully saturated rings. The van der Waals surface area contributed by atoms with Crippen LogP contribution in [-0.2, 0) is 0 Å². The van der Waals surface area contributed by atoms with Crippen LogP contribution in [0.15, 0.2) is 33.4 Å². The third-order valence-electron chi connectivity index (χ3n) is 8.55. The SMILES string of the molecule is CC1=C(C)C2(C)C(C)=C(C)C(C)(C(C)=C1C)C(C)(C)C2C. The first kappa shape index (κ1) is 16.6. The molecule has 3 atom stereocenters. The molecule has 0 aliphatic heterocycles. The lowest BCUT2D eigenvalue weighted by Crippen LogP contribution is -2.54. The van der Waals surface area contributed by atoms with Crippen LogP contribution in [0.3, 0.4) is 0 Å². The maximum Gasteiger partial charge on any atom is 0.0149 e. The van der Waals surface area contributed by atoms with Crippen LogP contribution in [0.25, 0.3) is 0 Å². The van der Waals surface area contributed by atoms with Crippen molar-refractivity contribution < 1.29 is 0 Å². The second-order valence-corrected chi connectivity index (χ2v) is 8.52. The predicted octanol–water partition coefficient (Wildman–Crippen LogP) is 6.70. The highest BCUT2D eigenvalue weighted by atomic mass is 14.6. The van der Waals surface area contributed by atoms with E-state index >= 15 is 0 Å². The van der Waals surface area contributed by atoms with E-state index in [1.54, 1.807) is 22.3 Å². The lowest BCUT2D eigenvalue weighted by Gasteiger charge is -2.62. The van der Waals surface area contributed by atoms with Crippen molar-refractivity contribution in [3.8, 4) is 0 Å². The molecule has 0 N–H and O–H groups in total. The largest absolute Gasteiger partial charge is 0.0632 e. The quantitative estimate of drug-likeness (QED) is 0.435. The Morgan fingerprint density at radius 1 is 0.619 bits per heavy atom. The van der Waals surface area contributed by atoms with E-state index in [4.69, 9.17) is 0 Å². The van der Waals surface area contributed by atoms with Gasteiger partial charge in [-0.1, -0.05) is 56.9 Å². The third kappa shape index (κ3) is 1.57. The van der Waals surface area contributed by atoms with Gasteiger partial charge in [-0.15, -0.1) is 0 Å². The van der Waals surface area contributed by atoms with Gasteiger partial charge in [-0.05, 0) is 64.0 Å². The average molecular weight is 287 g/mol. The topological polar surface area (TPSA) is 0 Å². The van der Waals surface area contributed by atoms with Crippen LogP contribution in [-0.4, -0.2) is 0 Å². The normalized spacial score (nSPS) is 39.9. The van der Waals surface area contributed by atoms with Gasteiger partial charge in [0, 0.05) is 10.8 Å². The Balaban J connectivity index is 3.09. The molecule has 0 amide bonds. The molecule has 0 heteroatoms. The van der Waals surface area contributed by atoms with Gasteiger partial charge in [0.1, 0.15) is 0 Å². The summed E-state index contributed by atoms with van der Waals surface area (Å²) in [6.07, 6.45) is 0. The highest BCUT2D eigenvalue weighted by molar-refractivity contribution is 5.53. The van der Waals surface area contributed by atoms with Crippen LogP contribution in [0.5, 0.6) is 0 Å². The maximum atomic E-state index is 2.48. The van der Waals surface area contributed by atoms with Crippen LogP contribution < -0.4 is 0 Å². The lowest BCUT2D eigenvalue weighted by atomic mass is 9.41. The van der Waals surface area contributed by atoms with Crippen LogP contribution in [0, 0.1) is 22.2 Å². The molecule has 0 heterocycles. The molecule has 0 spiro atoms. The molecule has 3 unspecified atom stereocenters. The fourth-order valence-corrected chi connectivity index (χ4v) is 5.42. The zero-order valence-corrected chi connectivity index (χ0v) is 16.1. The minimum absolute atomic E-state index is 0.155. The summed E-state index contributed by atoms with van der Waals surface area (Å²) in [6.45, 7) is 26.5. The van der Waals surface area contributed by atoms with Crippen molar-refractivity contribution in [2.24, 2.45) is 22.2 Å². The van der Waals surface area contributed by atoms with E-state index in [2.05, 4.69) is 76.2 Å². The van der Waals surface area contributed by atoms with Crippen molar-refractivity contribution >= 4 is 0 Å². The molecule has 3 rings (SSSR count). The van der Waals surface area contributed by atoms with Crippen molar-refractivity contribution in [3.63, 3.8) is 0 Å². The molecule has 3 aliphatic carbocycles. The molecule has 0 aromatic heterocycles. The number of hydrogen-bond donors (Lipinski definition) is 0. The third-order valence-corrected chi connectivity index (χ3v) is 8.55. The van der Waals surface area contributed by atoms with E-state index in [1.165, 1.54) is 11.1 Å². The summed E-state index contributed by atoms with van der Waals surface area (Å²) in [5.41, 5.74) is 9.92. The molecular weight excluding hydrogens is 252 g/mol. The first-order valence-corrected chi connectivity index (χ1v) is 8.40. The number of hydrogen-bond acceptors (Lipinski definition) is 0. The number of allylic oxidation sites excluding steroid dienone is 6. The van der Waals surface area contributed by atoms with E-state index < -0.39 is 0 Å². The van der Waals surface area contributed by atoms with Gasteiger partial charge in [-0.25, -0.2) is 0 Å². The molecule has 118 valence electrons. The Labute approximate surface area is 132 Å². The highest BCUT2D eigenvalue weighted by Gasteiger charge is 2.59. The summed E-state index contributed by atoms with van der Waals surface area (Å²) in [5, 5.41) is 0. The summed E-state index contributed by atoms with van der Waals surface area (Å²) in [4.78, 5) is 0. The minimum Gasteiger partial charge on any atom is -0.0632 e. The molecule has 3 aliphatic rings. The fourth-order valence-electron chi connectivity index (χ4n) is 5.42. The summed E-state index contributed by atoms with van der Waals surface area (Å²) in [6, 6.07) is 0. The molecule has 0 aromatic rings. The van der Waals surface area contributed by atoms with Crippen LogP contribution in [0.2, 0.25) is 0 Å². The average Bonchev–Trinajstić information content (AvgIpc) is 2.45. The minimum atomic E-state index is 0.155. The number of rotatable bonds is 0. The van der Waals surface area contributed by atoms with Crippen molar-refractivity contribution in [1.29, 1.82) is 0 Å². The van der Waals surface area contributed by atoms with Gasteiger partial charge in [-0.2, -0.15) is 0 Å². The van der Waals surface area contributed by atoms with Gasteiger partial charge >= 0.3 is 0 Å². The van der Waals surface area contributed by atoms with E-state index in [-0.39, 0.29) is 16.2 Å². The standard InChI is InChI=1S/C21H34/c1-12-13(2)15(4)21(11)17(6)16(5)20(10,14(12)3)18(7)19(21,8)9/h18H,1-11H3. The molecule has 21 heavy (non-hydrogen) atoms. The second kappa shape index (κ2) is 4.37. The summed E-state index contributed by atoms with van der Waals surface area (Å²) in [5.74, 6) is 0.622. The monoisotopic (exact) mass is 286 g/mol. The zero-order valence-electron chi connectivity index (χ0n) is 16.1. The van der Waals surface area contributed by atoms with Gasteiger partial charge in [0.25, 0.3) is 0 Å². The second-order valence-electron chi connectivity index (χ2n) is 8.52. The fraction of sp³-hybridized carbons (Fsp3) is 0.714. The van der Waals surface area contributed by atoms with E-state index in [0.717, 1.165) is 0 Å². The molecule has 0 nitrogen and oxygen atoms in total.